The summed E-state index contributed by atoms with van der Waals surface area (Å²) < 4.78 is 8.18. The van der Waals surface area contributed by atoms with Crippen LogP contribution in [0.3, 0.4) is 0 Å². The monoisotopic (exact) mass is 368 g/mol. The Hall–Kier alpha value is -2.50. The maximum Gasteiger partial charge on any atom is 0.318 e. The van der Waals surface area contributed by atoms with Crippen LogP contribution in [0.25, 0.3) is 0 Å². The molecule has 1 saturated heterocycles. The Bertz CT molecular complexity index is 782. The molecule has 2 aromatic rings. The Morgan fingerprint density at radius 1 is 1.22 bits per heavy atom. The third-order valence-corrected chi connectivity index (χ3v) is 5.70. The molecule has 4 rings (SSSR count). The Kier molecular flexibility index (Phi) is 5.32. The van der Waals surface area contributed by atoms with E-state index in [1.165, 1.54) is 18.5 Å². The van der Waals surface area contributed by atoms with Gasteiger partial charge >= 0.3 is 6.03 Å². The highest BCUT2D eigenvalue weighted by Crippen LogP contribution is 2.32. The van der Waals surface area contributed by atoms with Gasteiger partial charge in [-0.2, -0.15) is 0 Å². The number of hydrogen-bond acceptors (Lipinski definition) is 3. The van der Waals surface area contributed by atoms with Crippen molar-refractivity contribution in [1.82, 2.24) is 19.8 Å². The summed E-state index contributed by atoms with van der Waals surface area (Å²) in [5.74, 6) is 0.658. The van der Waals surface area contributed by atoms with E-state index in [2.05, 4.69) is 20.9 Å². The van der Waals surface area contributed by atoms with Gasteiger partial charge in [0.15, 0.2) is 0 Å². The molecule has 0 radical (unpaired) electrons. The van der Waals surface area contributed by atoms with Gasteiger partial charge in [0.1, 0.15) is 6.10 Å². The first kappa shape index (κ1) is 17.9. The second kappa shape index (κ2) is 8.03. The molecule has 6 heteroatoms. The van der Waals surface area contributed by atoms with E-state index in [-0.39, 0.29) is 18.2 Å². The lowest BCUT2D eigenvalue weighted by atomic mass is 10.1. The molecule has 1 aliphatic carbocycles. The van der Waals surface area contributed by atoms with Crippen molar-refractivity contribution in [3.05, 3.63) is 47.9 Å². The van der Waals surface area contributed by atoms with Gasteiger partial charge in [-0.05, 0) is 56.7 Å². The molecule has 0 spiro atoms. The molecule has 0 aromatic carbocycles. The highest BCUT2D eigenvalue weighted by molar-refractivity contribution is 5.75. The molecule has 2 aliphatic rings. The highest BCUT2D eigenvalue weighted by atomic mass is 16.5. The van der Waals surface area contributed by atoms with Crippen LogP contribution in [0, 0.1) is 0 Å². The predicted octanol–water partition coefficient (Wildman–Crippen LogP) is 3.79. The third kappa shape index (κ3) is 3.94. The van der Waals surface area contributed by atoms with Crippen LogP contribution in [0.15, 0.2) is 36.7 Å². The van der Waals surface area contributed by atoms with Crippen molar-refractivity contribution in [2.75, 3.05) is 6.54 Å². The molecule has 6 nitrogen and oxygen atoms in total. The van der Waals surface area contributed by atoms with E-state index in [1.54, 1.807) is 6.20 Å². The summed E-state index contributed by atoms with van der Waals surface area (Å²) in [6.07, 6.45) is 10.7. The van der Waals surface area contributed by atoms with Gasteiger partial charge in [-0.25, -0.2) is 9.78 Å². The molecule has 27 heavy (non-hydrogen) atoms. The zero-order valence-corrected chi connectivity index (χ0v) is 15.9. The smallest absolute Gasteiger partial charge is 0.318 e. The minimum atomic E-state index is -0.0191. The van der Waals surface area contributed by atoms with Crippen LogP contribution in [0.4, 0.5) is 4.79 Å². The fraction of sp³-hybridized carbons (Fsp3) is 0.524. The Morgan fingerprint density at radius 3 is 2.85 bits per heavy atom. The normalized spacial score (nSPS) is 20.2. The first-order valence-corrected chi connectivity index (χ1v) is 9.98. The molecule has 0 unspecified atom stereocenters. The summed E-state index contributed by atoms with van der Waals surface area (Å²) in [5.41, 5.74) is 2.13. The average molecular weight is 368 g/mol. The molecule has 1 aliphatic heterocycles. The van der Waals surface area contributed by atoms with Gasteiger partial charge in [0.05, 0.1) is 6.04 Å². The number of likely N-dealkylation sites (tertiary alicyclic amines) is 1. The number of aryl methyl sites for hydroxylation is 1. The number of pyridine rings is 1. The van der Waals surface area contributed by atoms with Crippen LogP contribution in [0.5, 0.6) is 5.88 Å². The summed E-state index contributed by atoms with van der Waals surface area (Å²) in [5, 5.41) is 3.08. The zero-order valence-electron chi connectivity index (χ0n) is 15.9. The lowest BCUT2D eigenvalue weighted by molar-refractivity contribution is 0.188. The number of aromatic nitrogens is 2. The number of rotatable bonds is 5. The Labute approximate surface area is 160 Å². The van der Waals surface area contributed by atoms with Gasteiger partial charge in [0.25, 0.3) is 0 Å². The molecular formula is C21H28N4O2. The number of carbonyl (C=O) groups is 1. The largest absolute Gasteiger partial charge is 0.474 e. The van der Waals surface area contributed by atoms with E-state index in [0.717, 1.165) is 37.8 Å². The maximum atomic E-state index is 12.8. The maximum absolute atomic E-state index is 12.8. The summed E-state index contributed by atoms with van der Waals surface area (Å²) >= 11 is 0. The molecule has 2 fully saturated rings. The molecule has 1 atom stereocenters. The van der Waals surface area contributed by atoms with Crippen molar-refractivity contribution in [2.24, 2.45) is 7.05 Å². The van der Waals surface area contributed by atoms with Crippen molar-refractivity contribution in [3.63, 3.8) is 0 Å². The van der Waals surface area contributed by atoms with Crippen molar-refractivity contribution < 1.29 is 9.53 Å². The second-order valence-corrected chi connectivity index (χ2v) is 7.55. The number of ether oxygens (including phenoxy) is 1. The van der Waals surface area contributed by atoms with Gasteiger partial charge in [0, 0.05) is 43.8 Å². The van der Waals surface area contributed by atoms with Crippen molar-refractivity contribution >= 4 is 6.03 Å². The van der Waals surface area contributed by atoms with Crippen LogP contribution in [-0.2, 0) is 13.6 Å². The highest BCUT2D eigenvalue weighted by Gasteiger charge is 2.31. The molecule has 2 aromatic heterocycles. The van der Waals surface area contributed by atoms with Crippen molar-refractivity contribution in [3.8, 4) is 5.88 Å². The van der Waals surface area contributed by atoms with Crippen molar-refractivity contribution in [1.29, 1.82) is 0 Å². The van der Waals surface area contributed by atoms with E-state index in [9.17, 15) is 4.79 Å². The minimum Gasteiger partial charge on any atom is -0.474 e. The lowest BCUT2D eigenvalue weighted by Crippen LogP contribution is -2.39. The van der Waals surface area contributed by atoms with Gasteiger partial charge in [-0.1, -0.05) is 6.07 Å². The van der Waals surface area contributed by atoms with Crippen LogP contribution in [0.2, 0.25) is 0 Å². The third-order valence-electron chi connectivity index (χ3n) is 5.70. The quantitative estimate of drug-likeness (QED) is 0.873. The van der Waals surface area contributed by atoms with E-state index in [4.69, 9.17) is 4.74 Å². The second-order valence-electron chi connectivity index (χ2n) is 7.55. The van der Waals surface area contributed by atoms with Crippen LogP contribution < -0.4 is 10.1 Å². The SMILES string of the molecule is Cn1cccc1[C@H]1CCCN1C(=O)NCc1cccnc1OC1CCCC1. The number of nitrogens with zero attached hydrogens (tertiary/aromatic N) is 3. The summed E-state index contributed by atoms with van der Waals surface area (Å²) in [4.78, 5) is 19.2. The summed E-state index contributed by atoms with van der Waals surface area (Å²) in [7, 11) is 2.03. The zero-order chi connectivity index (χ0) is 18.6. The first-order valence-electron chi connectivity index (χ1n) is 9.98. The standard InChI is InChI=1S/C21H28N4O2/c1-24-13-5-10-18(24)19-11-6-14-25(19)21(26)23-15-16-7-4-12-22-20(16)27-17-8-2-3-9-17/h4-5,7,10,12-13,17,19H,2-3,6,8-9,11,14-15H2,1H3,(H,23,26)/t19-/m1/s1. The fourth-order valence-corrected chi connectivity index (χ4v) is 4.24. The van der Waals surface area contributed by atoms with Gasteiger partial charge in [0.2, 0.25) is 5.88 Å². The van der Waals surface area contributed by atoms with E-state index < -0.39 is 0 Å². The molecular weight excluding hydrogens is 340 g/mol. The molecule has 0 bridgehead atoms. The fourth-order valence-electron chi connectivity index (χ4n) is 4.24. The number of nitrogens with one attached hydrogen (secondary N) is 1. The van der Waals surface area contributed by atoms with E-state index in [1.807, 2.05) is 36.3 Å². The van der Waals surface area contributed by atoms with E-state index >= 15 is 0 Å². The van der Waals surface area contributed by atoms with Crippen LogP contribution >= 0.6 is 0 Å². The van der Waals surface area contributed by atoms with Crippen LogP contribution in [0.1, 0.15) is 55.8 Å². The Morgan fingerprint density at radius 2 is 2.07 bits per heavy atom. The number of carbonyl (C=O) groups excluding carboxylic acids is 1. The summed E-state index contributed by atoms with van der Waals surface area (Å²) in [6.45, 7) is 1.23. The lowest BCUT2D eigenvalue weighted by Gasteiger charge is -2.26. The topological polar surface area (TPSA) is 59.4 Å². The minimum absolute atomic E-state index is 0.0191. The number of amides is 2. The molecule has 3 heterocycles. The summed E-state index contributed by atoms with van der Waals surface area (Å²) in [6, 6.07) is 8.14. The molecule has 1 saturated carbocycles. The number of hydrogen-bond donors (Lipinski definition) is 1. The Balaban J connectivity index is 1.40. The van der Waals surface area contributed by atoms with Gasteiger partial charge in [-0.3, -0.25) is 0 Å². The number of urea groups is 1. The van der Waals surface area contributed by atoms with Gasteiger partial charge in [-0.15, -0.1) is 0 Å². The van der Waals surface area contributed by atoms with Gasteiger partial charge < -0.3 is 19.5 Å². The van der Waals surface area contributed by atoms with Crippen LogP contribution in [-0.4, -0.2) is 33.1 Å². The molecule has 1 N–H and O–H groups in total. The molecule has 2 amide bonds. The predicted molar refractivity (Wildman–Crippen MR) is 103 cm³/mol. The van der Waals surface area contributed by atoms with E-state index in [0.29, 0.717) is 12.4 Å². The molecule has 144 valence electrons. The first-order chi connectivity index (χ1) is 13.2. The average Bonchev–Trinajstić information content (AvgIpc) is 3.42. The van der Waals surface area contributed by atoms with Crippen molar-refractivity contribution in [2.45, 2.75) is 57.2 Å².